The Labute approximate surface area is 199 Å². The number of benzene rings is 2. The highest BCUT2D eigenvalue weighted by Gasteiger charge is 2.52. The smallest absolute Gasteiger partial charge is 0.307 e. The zero-order valence-electron chi connectivity index (χ0n) is 19.5. The predicted molar refractivity (Wildman–Crippen MR) is 129 cm³/mol. The number of nitrogens with one attached hydrogen (secondary N) is 1. The van der Waals surface area contributed by atoms with Gasteiger partial charge in [-0.05, 0) is 42.5 Å². The van der Waals surface area contributed by atoms with Gasteiger partial charge in [0, 0.05) is 47.4 Å². The van der Waals surface area contributed by atoms with Gasteiger partial charge < -0.3 is 15.0 Å². The average Bonchev–Trinajstić information content (AvgIpc) is 3.27. The van der Waals surface area contributed by atoms with Crippen molar-refractivity contribution in [1.82, 2.24) is 9.88 Å². The van der Waals surface area contributed by atoms with Gasteiger partial charge in [0.1, 0.15) is 5.82 Å². The van der Waals surface area contributed by atoms with Gasteiger partial charge in [0.05, 0.1) is 5.92 Å². The van der Waals surface area contributed by atoms with Crippen molar-refractivity contribution in [3.63, 3.8) is 0 Å². The fourth-order valence-corrected chi connectivity index (χ4v) is 6.54. The van der Waals surface area contributed by atoms with E-state index in [1.807, 2.05) is 47.5 Å². The van der Waals surface area contributed by atoms with Crippen LogP contribution >= 0.6 is 0 Å². The van der Waals surface area contributed by atoms with E-state index in [-0.39, 0.29) is 30.1 Å². The summed E-state index contributed by atoms with van der Waals surface area (Å²) in [5.74, 6) is -1.76. The number of rotatable bonds is 5. The number of carboxylic acids is 1. The number of carboxylic acid groups (broad SMARTS) is 1. The topological polar surface area (TPSA) is 73.4 Å². The summed E-state index contributed by atoms with van der Waals surface area (Å²) in [6.07, 6.45) is 6.19. The van der Waals surface area contributed by atoms with E-state index in [1.165, 1.54) is 6.07 Å². The number of H-pyrrole nitrogens is 1. The van der Waals surface area contributed by atoms with Crippen LogP contribution in [0.4, 0.5) is 4.39 Å². The minimum Gasteiger partial charge on any atom is -0.481 e. The third-order valence-corrected chi connectivity index (χ3v) is 8.30. The van der Waals surface area contributed by atoms with E-state index >= 15 is 0 Å². The molecule has 2 N–H and O–H groups in total. The third-order valence-electron chi connectivity index (χ3n) is 8.30. The second kappa shape index (κ2) is 8.90. The van der Waals surface area contributed by atoms with Gasteiger partial charge in [-0.15, -0.1) is 0 Å². The number of amides is 1. The van der Waals surface area contributed by atoms with Gasteiger partial charge in [0.2, 0.25) is 5.91 Å². The average molecular weight is 463 g/mol. The van der Waals surface area contributed by atoms with Crippen molar-refractivity contribution in [2.45, 2.75) is 57.4 Å². The lowest BCUT2D eigenvalue weighted by Crippen LogP contribution is -2.60. The Hall–Kier alpha value is -3.15. The molecule has 1 aliphatic carbocycles. The van der Waals surface area contributed by atoms with Crippen LogP contribution in [0.2, 0.25) is 0 Å². The Morgan fingerprint density at radius 1 is 1.15 bits per heavy atom. The molecule has 2 aliphatic rings. The quantitative estimate of drug-likeness (QED) is 0.510. The van der Waals surface area contributed by atoms with Crippen molar-refractivity contribution in [2.75, 3.05) is 6.54 Å². The fourth-order valence-electron chi connectivity index (χ4n) is 6.54. The third kappa shape index (κ3) is 3.79. The summed E-state index contributed by atoms with van der Waals surface area (Å²) < 4.78 is 14.9. The van der Waals surface area contributed by atoms with Gasteiger partial charge in [-0.1, -0.05) is 56.2 Å². The first-order chi connectivity index (χ1) is 16.4. The molecule has 0 spiro atoms. The van der Waals surface area contributed by atoms with E-state index < -0.39 is 17.3 Å². The summed E-state index contributed by atoms with van der Waals surface area (Å²) in [5, 5.41) is 10.4. The number of nitrogens with zero attached hydrogens (tertiary/aromatic N) is 1. The molecule has 178 valence electrons. The molecule has 1 saturated carbocycles. The molecule has 5 rings (SSSR count). The lowest BCUT2D eigenvalue weighted by Gasteiger charge is -2.54. The van der Waals surface area contributed by atoms with Crippen molar-refractivity contribution < 1.29 is 19.1 Å². The maximum Gasteiger partial charge on any atom is 0.307 e. The summed E-state index contributed by atoms with van der Waals surface area (Å²) in [6, 6.07) is 14.7. The first-order valence-corrected chi connectivity index (χ1v) is 12.2. The van der Waals surface area contributed by atoms with Crippen molar-refractivity contribution in [3.8, 4) is 0 Å². The first-order valence-electron chi connectivity index (χ1n) is 12.2. The van der Waals surface area contributed by atoms with Gasteiger partial charge in [-0.3, -0.25) is 9.59 Å². The van der Waals surface area contributed by atoms with Gasteiger partial charge in [-0.2, -0.15) is 0 Å². The van der Waals surface area contributed by atoms with Crippen LogP contribution < -0.4 is 0 Å². The molecule has 2 heterocycles. The number of carbonyl (C=O) groups is 2. The van der Waals surface area contributed by atoms with Crippen molar-refractivity contribution in [3.05, 3.63) is 71.7 Å². The molecule has 4 atom stereocenters. The molecule has 2 fully saturated rings. The van der Waals surface area contributed by atoms with Crippen LogP contribution in [0.15, 0.2) is 54.7 Å². The number of piperidine rings is 1. The molecular formula is C28H31FN2O3. The molecule has 1 amide bonds. The Balaban J connectivity index is 1.50. The largest absolute Gasteiger partial charge is 0.481 e. The maximum atomic E-state index is 14.9. The van der Waals surface area contributed by atoms with E-state index in [9.17, 15) is 19.1 Å². The molecule has 4 unspecified atom stereocenters. The Bertz CT molecular complexity index is 1210. The molecule has 1 aromatic heterocycles. The van der Waals surface area contributed by atoms with Crippen LogP contribution in [0.25, 0.3) is 10.9 Å². The van der Waals surface area contributed by atoms with Gasteiger partial charge >= 0.3 is 5.97 Å². The predicted octanol–water partition coefficient (Wildman–Crippen LogP) is 5.71. The summed E-state index contributed by atoms with van der Waals surface area (Å²) >= 11 is 0. The molecule has 3 aromatic rings. The van der Waals surface area contributed by atoms with Crippen molar-refractivity contribution >= 4 is 22.8 Å². The minimum atomic E-state index is -0.752. The summed E-state index contributed by atoms with van der Waals surface area (Å²) in [7, 11) is 0. The number of fused-ring (bicyclic) bond motifs is 2. The number of carbonyl (C=O) groups excluding carboxylic acids is 1. The van der Waals surface area contributed by atoms with Crippen molar-refractivity contribution in [2.24, 2.45) is 11.3 Å². The molecule has 2 aromatic carbocycles. The fraction of sp³-hybridized carbons (Fsp3) is 0.429. The number of halogens is 1. The number of likely N-dealkylation sites (tertiary alicyclic amines) is 1. The second-order valence-electron chi connectivity index (χ2n) is 10.1. The van der Waals surface area contributed by atoms with E-state index in [0.717, 1.165) is 36.8 Å². The van der Waals surface area contributed by atoms with Crippen LogP contribution in [0.1, 0.15) is 62.5 Å². The molecule has 34 heavy (non-hydrogen) atoms. The number of aliphatic carboxylic acids is 1. The summed E-state index contributed by atoms with van der Waals surface area (Å²) in [5.41, 5.74) is 2.05. The Morgan fingerprint density at radius 2 is 1.94 bits per heavy atom. The lowest BCUT2D eigenvalue weighted by atomic mass is 9.60. The monoisotopic (exact) mass is 462 g/mol. The minimum absolute atomic E-state index is 0.0153. The second-order valence-corrected chi connectivity index (χ2v) is 10.1. The molecule has 0 radical (unpaired) electrons. The lowest BCUT2D eigenvalue weighted by molar-refractivity contribution is -0.162. The first kappa shape index (κ1) is 22.6. The highest BCUT2D eigenvalue weighted by molar-refractivity contribution is 5.87. The van der Waals surface area contributed by atoms with Crippen molar-refractivity contribution in [1.29, 1.82) is 0 Å². The van der Waals surface area contributed by atoms with E-state index in [4.69, 9.17) is 0 Å². The van der Waals surface area contributed by atoms with Gasteiger partial charge in [-0.25, -0.2) is 4.39 Å². The van der Waals surface area contributed by atoms with E-state index in [0.29, 0.717) is 23.9 Å². The van der Waals surface area contributed by atoms with E-state index in [1.54, 1.807) is 6.07 Å². The SMILES string of the molecule is CC12CCCCC1N(C(=O)CC(c1ccccc1)c1c[nH]c3cccc(F)c13)CCC2C(=O)O. The number of hydrogen-bond donors (Lipinski definition) is 2. The summed E-state index contributed by atoms with van der Waals surface area (Å²) in [6.45, 7) is 2.51. The number of aromatic amines is 1. The number of aromatic nitrogens is 1. The molecule has 0 bridgehead atoms. The number of hydrogen-bond acceptors (Lipinski definition) is 2. The van der Waals surface area contributed by atoms with Crippen LogP contribution in [0.5, 0.6) is 0 Å². The summed E-state index contributed by atoms with van der Waals surface area (Å²) in [4.78, 5) is 31.0. The highest BCUT2D eigenvalue weighted by Crippen LogP contribution is 2.49. The van der Waals surface area contributed by atoms with Gasteiger partial charge in [0.15, 0.2) is 0 Å². The van der Waals surface area contributed by atoms with Crippen LogP contribution in [-0.4, -0.2) is 39.5 Å². The molecule has 5 nitrogen and oxygen atoms in total. The van der Waals surface area contributed by atoms with Gasteiger partial charge in [0.25, 0.3) is 0 Å². The highest BCUT2D eigenvalue weighted by atomic mass is 19.1. The molecule has 1 saturated heterocycles. The van der Waals surface area contributed by atoms with Crippen LogP contribution in [-0.2, 0) is 9.59 Å². The van der Waals surface area contributed by atoms with E-state index in [2.05, 4.69) is 11.9 Å². The zero-order valence-corrected chi connectivity index (χ0v) is 19.5. The molecular weight excluding hydrogens is 431 g/mol. The maximum absolute atomic E-state index is 14.9. The molecule has 6 heteroatoms. The van der Waals surface area contributed by atoms with Crippen LogP contribution in [0.3, 0.4) is 0 Å². The normalized spacial score (nSPS) is 25.6. The van der Waals surface area contributed by atoms with Crippen LogP contribution in [0, 0.1) is 17.2 Å². The molecule has 1 aliphatic heterocycles. The Morgan fingerprint density at radius 3 is 2.71 bits per heavy atom. The Kier molecular flexibility index (Phi) is 5.92. The standard InChI is InChI=1S/C28H31FN2O3/c1-28-14-6-5-12-24(28)31(15-13-21(28)27(33)34)25(32)16-19(18-8-3-2-4-9-18)20-17-30-23-11-7-10-22(29)26(20)23/h2-4,7-11,17,19,21,24,30H,5-6,12-16H2,1H3,(H,33,34). The zero-order chi connectivity index (χ0) is 23.9.